The van der Waals surface area contributed by atoms with Crippen LogP contribution in [0.15, 0.2) is 42.6 Å². The first-order valence-corrected chi connectivity index (χ1v) is 5.75. The van der Waals surface area contributed by atoms with Crippen molar-refractivity contribution in [3.63, 3.8) is 0 Å². The fourth-order valence-corrected chi connectivity index (χ4v) is 1.70. The van der Waals surface area contributed by atoms with Crippen molar-refractivity contribution in [1.82, 2.24) is 4.98 Å². The molecule has 0 atom stereocenters. The first-order valence-electron chi connectivity index (χ1n) is 5.75. The van der Waals surface area contributed by atoms with Crippen LogP contribution in [0.2, 0.25) is 0 Å². The fourth-order valence-electron chi connectivity index (χ4n) is 1.70. The number of fused-ring (bicyclic) bond motifs is 1. The number of nitrogens with zero attached hydrogens (tertiary/aromatic N) is 1. The standard InChI is InChI=1S/C14H12N2O4/c1-20-10-7-9-3-2-6-15-14(9)11(8-10)16-12(17)4-5-13(18)19/h2-8H,1H3,(H,16,17)(H,18,19)/b5-4-. The van der Waals surface area contributed by atoms with Crippen LogP contribution in [-0.4, -0.2) is 29.1 Å². The minimum atomic E-state index is -1.19. The van der Waals surface area contributed by atoms with Crippen molar-refractivity contribution in [3.8, 4) is 5.75 Å². The number of carboxylic acids is 1. The lowest BCUT2D eigenvalue weighted by Gasteiger charge is -2.09. The number of aromatic nitrogens is 1. The second-order valence-electron chi connectivity index (χ2n) is 3.91. The lowest BCUT2D eigenvalue weighted by Crippen LogP contribution is -2.09. The Morgan fingerprint density at radius 2 is 2.15 bits per heavy atom. The van der Waals surface area contributed by atoms with Gasteiger partial charge in [-0.25, -0.2) is 4.79 Å². The molecule has 1 aromatic carbocycles. The molecule has 6 nitrogen and oxygen atoms in total. The monoisotopic (exact) mass is 272 g/mol. The van der Waals surface area contributed by atoms with Gasteiger partial charge in [-0.15, -0.1) is 0 Å². The summed E-state index contributed by atoms with van der Waals surface area (Å²) in [5.74, 6) is -1.16. The van der Waals surface area contributed by atoms with E-state index in [0.29, 0.717) is 17.0 Å². The van der Waals surface area contributed by atoms with Gasteiger partial charge in [-0.05, 0) is 12.1 Å². The molecular formula is C14H12N2O4. The molecule has 0 aliphatic heterocycles. The van der Waals surface area contributed by atoms with Crippen LogP contribution < -0.4 is 10.1 Å². The Hall–Kier alpha value is -2.89. The molecule has 6 heteroatoms. The predicted molar refractivity (Wildman–Crippen MR) is 73.7 cm³/mol. The van der Waals surface area contributed by atoms with Crippen molar-refractivity contribution in [2.75, 3.05) is 12.4 Å². The molecule has 20 heavy (non-hydrogen) atoms. The Kier molecular flexibility index (Phi) is 3.95. The topological polar surface area (TPSA) is 88.5 Å². The third-order valence-electron chi connectivity index (χ3n) is 2.55. The Morgan fingerprint density at radius 1 is 1.35 bits per heavy atom. The van der Waals surface area contributed by atoms with Gasteiger partial charge in [-0.2, -0.15) is 0 Å². The van der Waals surface area contributed by atoms with Crippen LogP contribution >= 0.6 is 0 Å². The molecule has 2 rings (SSSR count). The maximum Gasteiger partial charge on any atom is 0.328 e. The summed E-state index contributed by atoms with van der Waals surface area (Å²) in [4.78, 5) is 26.2. The van der Waals surface area contributed by atoms with Crippen molar-refractivity contribution in [2.45, 2.75) is 0 Å². The number of carbonyl (C=O) groups is 2. The van der Waals surface area contributed by atoms with Gasteiger partial charge in [-0.1, -0.05) is 6.07 Å². The van der Waals surface area contributed by atoms with E-state index >= 15 is 0 Å². The summed E-state index contributed by atoms with van der Waals surface area (Å²) in [5, 5.41) is 11.9. The van der Waals surface area contributed by atoms with Gasteiger partial charge in [0.15, 0.2) is 0 Å². The lowest BCUT2D eigenvalue weighted by molar-refractivity contribution is -0.131. The number of hydrogen-bond donors (Lipinski definition) is 2. The molecule has 0 saturated carbocycles. The summed E-state index contributed by atoms with van der Waals surface area (Å²) in [6, 6.07) is 7.04. The number of ether oxygens (including phenoxy) is 1. The summed E-state index contributed by atoms with van der Waals surface area (Å²) in [5.41, 5.74) is 1.06. The van der Waals surface area contributed by atoms with Crippen LogP contribution in [0.4, 0.5) is 5.69 Å². The van der Waals surface area contributed by atoms with E-state index in [1.165, 1.54) is 7.11 Å². The number of aliphatic carboxylic acids is 1. The molecule has 0 spiro atoms. The summed E-state index contributed by atoms with van der Waals surface area (Å²) in [7, 11) is 1.52. The molecular weight excluding hydrogens is 260 g/mol. The van der Waals surface area contributed by atoms with E-state index < -0.39 is 11.9 Å². The number of anilines is 1. The number of pyridine rings is 1. The zero-order chi connectivity index (χ0) is 14.5. The van der Waals surface area contributed by atoms with Crippen LogP contribution in [0, 0.1) is 0 Å². The smallest absolute Gasteiger partial charge is 0.328 e. The van der Waals surface area contributed by atoms with Crippen molar-refractivity contribution in [2.24, 2.45) is 0 Å². The number of methoxy groups -OCH3 is 1. The van der Waals surface area contributed by atoms with Crippen LogP contribution in [0.1, 0.15) is 0 Å². The second kappa shape index (κ2) is 5.83. The van der Waals surface area contributed by atoms with Gasteiger partial charge in [0.25, 0.3) is 0 Å². The van der Waals surface area contributed by atoms with E-state index in [4.69, 9.17) is 9.84 Å². The number of benzene rings is 1. The van der Waals surface area contributed by atoms with Crippen LogP contribution in [-0.2, 0) is 9.59 Å². The third kappa shape index (κ3) is 3.11. The molecule has 102 valence electrons. The average molecular weight is 272 g/mol. The average Bonchev–Trinajstić information content (AvgIpc) is 2.45. The largest absolute Gasteiger partial charge is 0.497 e. The maximum absolute atomic E-state index is 11.6. The van der Waals surface area contributed by atoms with Crippen LogP contribution in [0.5, 0.6) is 5.75 Å². The fraction of sp³-hybridized carbons (Fsp3) is 0.0714. The highest BCUT2D eigenvalue weighted by Crippen LogP contribution is 2.27. The number of carboxylic acid groups (broad SMARTS) is 1. The van der Waals surface area contributed by atoms with Crippen LogP contribution in [0.3, 0.4) is 0 Å². The number of nitrogens with one attached hydrogen (secondary N) is 1. The zero-order valence-electron chi connectivity index (χ0n) is 10.7. The number of carbonyl (C=O) groups excluding carboxylic acids is 1. The summed E-state index contributed by atoms with van der Waals surface area (Å²) >= 11 is 0. The number of rotatable bonds is 4. The highest BCUT2D eigenvalue weighted by Gasteiger charge is 2.07. The van der Waals surface area contributed by atoms with E-state index in [9.17, 15) is 9.59 Å². The Balaban J connectivity index is 2.37. The second-order valence-corrected chi connectivity index (χ2v) is 3.91. The number of hydrogen-bond acceptors (Lipinski definition) is 4. The van der Waals surface area contributed by atoms with Crippen molar-refractivity contribution >= 4 is 28.5 Å². The van der Waals surface area contributed by atoms with E-state index in [1.54, 1.807) is 24.4 Å². The molecule has 0 unspecified atom stereocenters. The zero-order valence-corrected chi connectivity index (χ0v) is 10.7. The molecule has 0 radical (unpaired) electrons. The van der Waals surface area contributed by atoms with Gasteiger partial charge in [0, 0.05) is 29.8 Å². The summed E-state index contributed by atoms with van der Waals surface area (Å²) in [6.07, 6.45) is 3.32. The molecule has 0 fully saturated rings. The molecule has 2 N–H and O–H groups in total. The van der Waals surface area contributed by atoms with Gasteiger partial charge in [-0.3, -0.25) is 9.78 Å². The molecule has 1 amide bonds. The van der Waals surface area contributed by atoms with Crippen molar-refractivity contribution in [3.05, 3.63) is 42.6 Å². The molecule has 0 aliphatic rings. The first kappa shape index (κ1) is 13.5. The predicted octanol–water partition coefficient (Wildman–Crippen LogP) is 1.82. The normalized spacial score (nSPS) is 10.7. The maximum atomic E-state index is 11.6. The van der Waals surface area contributed by atoms with Gasteiger partial charge >= 0.3 is 5.97 Å². The molecule has 0 saturated heterocycles. The van der Waals surface area contributed by atoms with E-state index in [1.807, 2.05) is 6.07 Å². The van der Waals surface area contributed by atoms with Crippen molar-refractivity contribution < 1.29 is 19.4 Å². The Bertz CT molecular complexity index is 695. The lowest BCUT2D eigenvalue weighted by atomic mass is 10.1. The highest BCUT2D eigenvalue weighted by molar-refractivity contribution is 6.06. The molecule has 0 aliphatic carbocycles. The Labute approximate surface area is 114 Å². The van der Waals surface area contributed by atoms with Crippen LogP contribution in [0.25, 0.3) is 10.9 Å². The minimum Gasteiger partial charge on any atom is -0.497 e. The van der Waals surface area contributed by atoms with E-state index in [2.05, 4.69) is 10.3 Å². The SMILES string of the molecule is COc1cc(NC(=O)/C=C\C(=O)O)c2ncccc2c1. The quantitative estimate of drug-likeness (QED) is 0.829. The number of amides is 1. The highest BCUT2D eigenvalue weighted by atomic mass is 16.5. The van der Waals surface area contributed by atoms with Gasteiger partial charge in [0.1, 0.15) is 5.75 Å². The minimum absolute atomic E-state index is 0.458. The van der Waals surface area contributed by atoms with E-state index in [-0.39, 0.29) is 0 Å². The molecule has 2 aromatic rings. The molecule has 1 heterocycles. The molecule has 0 bridgehead atoms. The molecule has 1 aromatic heterocycles. The third-order valence-corrected chi connectivity index (χ3v) is 2.55. The Morgan fingerprint density at radius 3 is 2.85 bits per heavy atom. The summed E-state index contributed by atoms with van der Waals surface area (Å²) in [6.45, 7) is 0. The first-order chi connectivity index (χ1) is 9.60. The van der Waals surface area contributed by atoms with Crippen molar-refractivity contribution in [1.29, 1.82) is 0 Å². The summed E-state index contributed by atoms with van der Waals surface area (Å²) < 4.78 is 5.15. The van der Waals surface area contributed by atoms with Gasteiger partial charge < -0.3 is 15.2 Å². The van der Waals surface area contributed by atoms with E-state index in [0.717, 1.165) is 17.5 Å². The van der Waals surface area contributed by atoms with Gasteiger partial charge in [0.2, 0.25) is 5.91 Å². The van der Waals surface area contributed by atoms with Gasteiger partial charge in [0.05, 0.1) is 18.3 Å².